The summed E-state index contributed by atoms with van der Waals surface area (Å²) in [4.78, 5) is 20.7. The molecule has 140 valence electrons. The number of nitrogens with one attached hydrogen (secondary N) is 1. The number of oxazole rings is 1. The molecule has 4 rings (SSSR count). The number of nitrogens with zero attached hydrogens (tertiary/aromatic N) is 2. The average Bonchev–Trinajstić information content (AvgIpc) is 3.13. The quantitative estimate of drug-likeness (QED) is 0.485. The number of para-hydroxylation sites is 1. The number of pyridine rings is 1. The molecule has 0 saturated carbocycles. The predicted octanol–water partition coefficient (Wildman–Crippen LogP) is 5.21. The number of amides is 1. The number of fused-ring (bicyclic) bond motifs is 1. The fourth-order valence-corrected chi connectivity index (χ4v) is 2.94. The van der Waals surface area contributed by atoms with Gasteiger partial charge in [-0.05, 0) is 42.5 Å². The summed E-state index contributed by atoms with van der Waals surface area (Å²) >= 11 is 12.3. The van der Waals surface area contributed by atoms with Crippen molar-refractivity contribution in [1.29, 1.82) is 0 Å². The van der Waals surface area contributed by atoms with E-state index < -0.39 is 0 Å². The van der Waals surface area contributed by atoms with Crippen molar-refractivity contribution in [2.75, 3.05) is 11.9 Å². The fourth-order valence-electron chi connectivity index (χ4n) is 2.55. The maximum Gasteiger partial charge on any atom is 0.262 e. The van der Waals surface area contributed by atoms with Crippen molar-refractivity contribution in [3.8, 4) is 17.2 Å². The number of aromatic nitrogens is 2. The molecule has 0 bridgehead atoms. The van der Waals surface area contributed by atoms with Crippen LogP contribution in [0, 0.1) is 0 Å². The third kappa shape index (κ3) is 3.93. The highest BCUT2D eigenvalue weighted by Gasteiger charge is 2.14. The molecule has 2 aromatic carbocycles. The van der Waals surface area contributed by atoms with Gasteiger partial charge < -0.3 is 14.5 Å². The van der Waals surface area contributed by atoms with Crippen LogP contribution in [0.15, 0.2) is 65.2 Å². The first-order valence-corrected chi connectivity index (χ1v) is 9.04. The second-order valence-corrected chi connectivity index (χ2v) is 6.62. The van der Waals surface area contributed by atoms with Crippen LogP contribution in [0.25, 0.3) is 22.7 Å². The SMILES string of the molecule is O=C(COc1ccccc1Cl)Nc1ccc(Cl)c(-c2nc3ncccc3o2)c1. The van der Waals surface area contributed by atoms with Gasteiger partial charge in [0, 0.05) is 11.9 Å². The van der Waals surface area contributed by atoms with Crippen LogP contribution < -0.4 is 10.1 Å². The lowest BCUT2D eigenvalue weighted by atomic mass is 10.2. The Hall–Kier alpha value is -3.09. The Bertz CT molecular complexity index is 1130. The molecule has 0 aliphatic heterocycles. The summed E-state index contributed by atoms with van der Waals surface area (Å²) in [7, 11) is 0. The second-order valence-electron chi connectivity index (χ2n) is 5.81. The van der Waals surface area contributed by atoms with Crippen LogP contribution in [-0.2, 0) is 4.79 Å². The van der Waals surface area contributed by atoms with E-state index in [1.807, 2.05) is 0 Å². The summed E-state index contributed by atoms with van der Waals surface area (Å²) in [5, 5.41) is 3.63. The van der Waals surface area contributed by atoms with Crippen LogP contribution in [0.2, 0.25) is 10.0 Å². The lowest BCUT2D eigenvalue weighted by Crippen LogP contribution is -2.20. The predicted molar refractivity (Wildman–Crippen MR) is 108 cm³/mol. The highest BCUT2D eigenvalue weighted by atomic mass is 35.5. The molecule has 28 heavy (non-hydrogen) atoms. The van der Waals surface area contributed by atoms with E-state index in [-0.39, 0.29) is 12.5 Å². The summed E-state index contributed by atoms with van der Waals surface area (Å²) in [5.41, 5.74) is 2.11. The summed E-state index contributed by atoms with van der Waals surface area (Å²) in [5.74, 6) is 0.421. The second kappa shape index (κ2) is 7.88. The Kier molecular flexibility index (Phi) is 5.14. The van der Waals surface area contributed by atoms with Gasteiger partial charge in [0.1, 0.15) is 5.75 Å². The van der Waals surface area contributed by atoms with Crippen LogP contribution in [0.4, 0.5) is 5.69 Å². The first-order valence-electron chi connectivity index (χ1n) is 8.29. The van der Waals surface area contributed by atoms with Crippen LogP contribution in [0.5, 0.6) is 5.75 Å². The van der Waals surface area contributed by atoms with Gasteiger partial charge in [0.05, 0.1) is 15.6 Å². The van der Waals surface area contributed by atoms with Gasteiger partial charge in [-0.1, -0.05) is 35.3 Å². The van der Waals surface area contributed by atoms with Crippen LogP contribution in [0.3, 0.4) is 0 Å². The third-order valence-electron chi connectivity index (χ3n) is 3.84. The van der Waals surface area contributed by atoms with Crippen molar-refractivity contribution in [3.05, 3.63) is 70.8 Å². The van der Waals surface area contributed by atoms with E-state index in [9.17, 15) is 4.79 Å². The van der Waals surface area contributed by atoms with Crippen LogP contribution in [-0.4, -0.2) is 22.5 Å². The highest BCUT2D eigenvalue weighted by molar-refractivity contribution is 6.33. The topological polar surface area (TPSA) is 77.2 Å². The Balaban J connectivity index is 1.50. The number of anilines is 1. The lowest BCUT2D eigenvalue weighted by molar-refractivity contribution is -0.118. The Morgan fingerprint density at radius 3 is 2.75 bits per heavy atom. The molecule has 0 aliphatic carbocycles. The van der Waals surface area contributed by atoms with Gasteiger partial charge in [0.15, 0.2) is 17.8 Å². The summed E-state index contributed by atoms with van der Waals surface area (Å²) in [6.07, 6.45) is 1.63. The molecule has 4 aromatic rings. The number of rotatable bonds is 5. The minimum absolute atomic E-state index is 0.186. The Morgan fingerprint density at radius 2 is 1.93 bits per heavy atom. The number of benzene rings is 2. The van der Waals surface area contributed by atoms with Gasteiger partial charge in [-0.15, -0.1) is 0 Å². The lowest BCUT2D eigenvalue weighted by Gasteiger charge is -2.09. The largest absolute Gasteiger partial charge is 0.482 e. The van der Waals surface area contributed by atoms with Gasteiger partial charge in [-0.3, -0.25) is 4.79 Å². The molecule has 0 saturated heterocycles. The van der Waals surface area contributed by atoms with E-state index in [0.717, 1.165) is 0 Å². The number of hydrogen-bond donors (Lipinski definition) is 1. The zero-order chi connectivity index (χ0) is 19.5. The van der Waals surface area contributed by atoms with Crippen molar-refractivity contribution < 1.29 is 13.9 Å². The number of halogens is 2. The highest BCUT2D eigenvalue weighted by Crippen LogP contribution is 2.32. The van der Waals surface area contributed by atoms with E-state index in [4.69, 9.17) is 32.4 Å². The van der Waals surface area contributed by atoms with Gasteiger partial charge in [0.2, 0.25) is 5.89 Å². The number of carbonyl (C=O) groups excluding carboxylic acids is 1. The molecule has 1 amide bonds. The summed E-state index contributed by atoms with van der Waals surface area (Å²) < 4.78 is 11.1. The third-order valence-corrected chi connectivity index (χ3v) is 4.48. The zero-order valence-corrected chi connectivity index (χ0v) is 15.9. The van der Waals surface area contributed by atoms with Crippen molar-refractivity contribution in [2.45, 2.75) is 0 Å². The number of hydrogen-bond acceptors (Lipinski definition) is 5. The number of carbonyl (C=O) groups is 1. The monoisotopic (exact) mass is 413 g/mol. The maximum absolute atomic E-state index is 12.2. The summed E-state index contributed by atoms with van der Waals surface area (Å²) in [6.45, 7) is -0.186. The molecule has 0 atom stereocenters. The molecule has 0 unspecified atom stereocenters. The molecule has 0 aliphatic rings. The molecule has 0 fully saturated rings. The van der Waals surface area contributed by atoms with E-state index >= 15 is 0 Å². The number of ether oxygens (including phenoxy) is 1. The van der Waals surface area contributed by atoms with Crippen molar-refractivity contribution in [1.82, 2.24) is 9.97 Å². The average molecular weight is 414 g/mol. The minimum Gasteiger partial charge on any atom is -0.482 e. The zero-order valence-electron chi connectivity index (χ0n) is 14.4. The molecule has 0 spiro atoms. The Labute approximate surface area is 170 Å². The summed E-state index contributed by atoms with van der Waals surface area (Å²) in [6, 6.07) is 15.5. The van der Waals surface area contributed by atoms with Crippen molar-refractivity contribution in [3.63, 3.8) is 0 Å². The first kappa shape index (κ1) is 18.3. The molecule has 1 N–H and O–H groups in total. The maximum atomic E-state index is 12.2. The molecule has 8 heteroatoms. The van der Waals surface area contributed by atoms with E-state index in [0.29, 0.717) is 44.2 Å². The van der Waals surface area contributed by atoms with Crippen LogP contribution in [0.1, 0.15) is 0 Å². The molecular weight excluding hydrogens is 401 g/mol. The van der Waals surface area contributed by atoms with Gasteiger partial charge in [-0.2, -0.15) is 4.98 Å². The normalized spacial score (nSPS) is 10.8. The molecule has 2 heterocycles. The molecule has 0 radical (unpaired) electrons. The van der Waals surface area contributed by atoms with Crippen molar-refractivity contribution in [2.24, 2.45) is 0 Å². The fraction of sp³-hybridized carbons (Fsp3) is 0.0500. The molecule has 6 nitrogen and oxygen atoms in total. The van der Waals surface area contributed by atoms with E-state index in [1.165, 1.54) is 0 Å². The Morgan fingerprint density at radius 1 is 1.07 bits per heavy atom. The van der Waals surface area contributed by atoms with E-state index in [1.54, 1.807) is 60.8 Å². The van der Waals surface area contributed by atoms with Gasteiger partial charge >= 0.3 is 0 Å². The van der Waals surface area contributed by atoms with Gasteiger partial charge in [0.25, 0.3) is 5.91 Å². The molecular formula is C20H13Cl2N3O3. The van der Waals surface area contributed by atoms with Crippen molar-refractivity contribution >= 4 is 46.0 Å². The van der Waals surface area contributed by atoms with E-state index in [2.05, 4.69) is 15.3 Å². The minimum atomic E-state index is -0.340. The standard InChI is InChI=1S/C20H13Cl2N3O3/c21-14-8-7-12(24-18(26)11-27-16-5-2-1-4-15(16)22)10-13(14)20-25-19-17(28-20)6-3-9-23-19/h1-10H,11H2,(H,24,26). The first-order chi connectivity index (χ1) is 13.6. The van der Waals surface area contributed by atoms with Gasteiger partial charge in [-0.25, -0.2) is 4.98 Å². The molecule has 2 aromatic heterocycles. The van der Waals surface area contributed by atoms with Crippen LogP contribution >= 0.6 is 23.2 Å². The smallest absolute Gasteiger partial charge is 0.262 e.